The Hall–Kier alpha value is -3.45. The lowest BCUT2D eigenvalue weighted by Crippen LogP contribution is -2.44. The number of nitrogens with zero attached hydrogens (tertiary/aromatic N) is 3. The number of nitrogens with two attached hydrogens (primary N) is 1. The SMILES string of the molecule is Nc1ccc(-c2ccccc2)cc1NC(=O)c1cnc(N2CCNCC2)cn1. The lowest BCUT2D eigenvalue weighted by Gasteiger charge is -2.27. The molecule has 28 heavy (non-hydrogen) atoms. The molecule has 1 aliphatic heterocycles. The van der Waals surface area contributed by atoms with E-state index in [1.54, 1.807) is 12.3 Å². The first-order chi connectivity index (χ1) is 13.7. The summed E-state index contributed by atoms with van der Waals surface area (Å²) >= 11 is 0. The Kier molecular flexibility index (Phi) is 5.16. The van der Waals surface area contributed by atoms with Crippen LogP contribution in [0.15, 0.2) is 60.9 Å². The van der Waals surface area contributed by atoms with Crippen LogP contribution in [0.25, 0.3) is 11.1 Å². The lowest BCUT2D eigenvalue weighted by molar-refractivity contribution is 0.102. The van der Waals surface area contributed by atoms with Gasteiger partial charge in [-0.25, -0.2) is 9.97 Å². The summed E-state index contributed by atoms with van der Waals surface area (Å²) in [6.45, 7) is 3.59. The zero-order chi connectivity index (χ0) is 19.3. The first kappa shape index (κ1) is 17.9. The normalized spacial score (nSPS) is 13.9. The van der Waals surface area contributed by atoms with Gasteiger partial charge in [0.15, 0.2) is 0 Å². The van der Waals surface area contributed by atoms with Gasteiger partial charge in [-0.15, -0.1) is 0 Å². The topological polar surface area (TPSA) is 96.2 Å². The van der Waals surface area contributed by atoms with Gasteiger partial charge < -0.3 is 21.3 Å². The number of carbonyl (C=O) groups is 1. The summed E-state index contributed by atoms with van der Waals surface area (Å²) in [6, 6.07) is 15.5. The summed E-state index contributed by atoms with van der Waals surface area (Å²) in [5.41, 5.74) is 9.39. The molecule has 1 fully saturated rings. The number of nitrogens with one attached hydrogen (secondary N) is 2. The van der Waals surface area contributed by atoms with Crippen LogP contribution in [0.2, 0.25) is 0 Å². The van der Waals surface area contributed by atoms with Crippen LogP contribution >= 0.6 is 0 Å². The fraction of sp³-hybridized carbons (Fsp3) is 0.190. The number of benzene rings is 2. The fourth-order valence-electron chi connectivity index (χ4n) is 3.16. The zero-order valence-corrected chi connectivity index (χ0v) is 15.4. The van der Waals surface area contributed by atoms with Gasteiger partial charge in [0.05, 0.1) is 23.8 Å². The van der Waals surface area contributed by atoms with Gasteiger partial charge in [-0.1, -0.05) is 36.4 Å². The predicted octanol–water partition coefficient (Wildman–Crippen LogP) is 2.39. The minimum atomic E-state index is -0.337. The summed E-state index contributed by atoms with van der Waals surface area (Å²) in [7, 11) is 0. The van der Waals surface area contributed by atoms with Crippen LogP contribution < -0.4 is 21.3 Å². The van der Waals surface area contributed by atoms with Crippen LogP contribution in [0.4, 0.5) is 17.2 Å². The molecule has 1 aromatic heterocycles. The average Bonchev–Trinajstić information content (AvgIpc) is 2.76. The van der Waals surface area contributed by atoms with Gasteiger partial charge in [-0.2, -0.15) is 0 Å². The number of piperazine rings is 1. The van der Waals surface area contributed by atoms with Crippen molar-refractivity contribution in [2.45, 2.75) is 0 Å². The summed E-state index contributed by atoms with van der Waals surface area (Å²) in [5, 5.41) is 6.14. The van der Waals surface area contributed by atoms with Crippen molar-refractivity contribution in [3.05, 3.63) is 66.6 Å². The van der Waals surface area contributed by atoms with Gasteiger partial charge in [0, 0.05) is 26.2 Å². The minimum absolute atomic E-state index is 0.253. The number of carbonyl (C=O) groups excluding carboxylic acids is 1. The smallest absolute Gasteiger partial charge is 0.275 e. The van der Waals surface area contributed by atoms with Crippen LogP contribution in [0, 0.1) is 0 Å². The Bertz CT molecular complexity index is 952. The Balaban J connectivity index is 1.50. The van der Waals surface area contributed by atoms with Crippen LogP contribution in [0.3, 0.4) is 0 Å². The highest BCUT2D eigenvalue weighted by Gasteiger charge is 2.15. The van der Waals surface area contributed by atoms with E-state index in [1.807, 2.05) is 42.5 Å². The van der Waals surface area contributed by atoms with Crippen molar-refractivity contribution in [2.75, 3.05) is 42.1 Å². The summed E-state index contributed by atoms with van der Waals surface area (Å²) < 4.78 is 0. The van der Waals surface area contributed by atoms with Crippen molar-refractivity contribution in [3.8, 4) is 11.1 Å². The van der Waals surface area contributed by atoms with E-state index in [9.17, 15) is 4.79 Å². The molecule has 0 aliphatic carbocycles. The molecule has 0 bridgehead atoms. The van der Waals surface area contributed by atoms with E-state index in [0.717, 1.165) is 43.1 Å². The van der Waals surface area contributed by atoms with E-state index >= 15 is 0 Å². The maximum atomic E-state index is 12.6. The summed E-state index contributed by atoms with van der Waals surface area (Å²) in [6.07, 6.45) is 3.15. The molecule has 4 rings (SSSR count). The van der Waals surface area contributed by atoms with Crippen molar-refractivity contribution in [3.63, 3.8) is 0 Å². The first-order valence-corrected chi connectivity index (χ1v) is 9.25. The molecule has 4 N–H and O–H groups in total. The molecular formula is C21H22N6O. The zero-order valence-electron chi connectivity index (χ0n) is 15.4. The summed E-state index contributed by atoms with van der Waals surface area (Å²) in [5.74, 6) is 0.444. The lowest BCUT2D eigenvalue weighted by atomic mass is 10.0. The predicted molar refractivity (Wildman–Crippen MR) is 111 cm³/mol. The second kappa shape index (κ2) is 8.06. The summed E-state index contributed by atoms with van der Waals surface area (Å²) in [4.78, 5) is 23.4. The van der Waals surface area contributed by atoms with Crippen molar-refractivity contribution in [1.29, 1.82) is 0 Å². The molecule has 2 aromatic carbocycles. The number of amides is 1. The van der Waals surface area contributed by atoms with Gasteiger partial charge in [0.1, 0.15) is 11.5 Å². The number of rotatable bonds is 4. The molecule has 142 valence electrons. The van der Waals surface area contributed by atoms with Crippen LogP contribution in [0.1, 0.15) is 10.5 Å². The van der Waals surface area contributed by atoms with E-state index in [-0.39, 0.29) is 11.6 Å². The molecular weight excluding hydrogens is 352 g/mol. The van der Waals surface area contributed by atoms with Crippen LogP contribution in [0.5, 0.6) is 0 Å². The highest BCUT2D eigenvalue weighted by Crippen LogP contribution is 2.27. The Morgan fingerprint density at radius 1 is 1.00 bits per heavy atom. The highest BCUT2D eigenvalue weighted by molar-refractivity contribution is 6.04. The van der Waals surface area contributed by atoms with Gasteiger partial charge in [-0.3, -0.25) is 4.79 Å². The molecule has 0 radical (unpaired) electrons. The largest absolute Gasteiger partial charge is 0.397 e. The molecule has 1 amide bonds. The first-order valence-electron chi connectivity index (χ1n) is 9.25. The molecule has 0 unspecified atom stereocenters. The van der Waals surface area contributed by atoms with Gasteiger partial charge >= 0.3 is 0 Å². The molecule has 2 heterocycles. The van der Waals surface area contributed by atoms with E-state index in [4.69, 9.17) is 5.73 Å². The second-order valence-corrected chi connectivity index (χ2v) is 6.62. The minimum Gasteiger partial charge on any atom is -0.397 e. The molecule has 7 heteroatoms. The number of aromatic nitrogens is 2. The second-order valence-electron chi connectivity index (χ2n) is 6.62. The Morgan fingerprint density at radius 3 is 2.50 bits per heavy atom. The maximum Gasteiger partial charge on any atom is 0.275 e. The van der Waals surface area contributed by atoms with E-state index < -0.39 is 0 Å². The number of anilines is 3. The standard InChI is InChI=1S/C21H22N6O/c22-17-7-6-16(15-4-2-1-3-5-15)12-18(17)26-21(28)19-13-25-20(14-24-19)27-10-8-23-9-11-27/h1-7,12-14,23H,8-11,22H2,(H,26,28). The van der Waals surface area contributed by atoms with Gasteiger partial charge in [-0.05, 0) is 23.3 Å². The Labute approximate surface area is 163 Å². The van der Waals surface area contributed by atoms with E-state index in [1.165, 1.54) is 6.20 Å². The average molecular weight is 374 g/mol. The third-order valence-corrected chi connectivity index (χ3v) is 4.72. The molecule has 0 atom stereocenters. The van der Waals surface area contributed by atoms with Gasteiger partial charge in [0.2, 0.25) is 0 Å². The molecule has 0 saturated carbocycles. The monoisotopic (exact) mass is 374 g/mol. The number of nitrogen functional groups attached to an aromatic ring is 1. The fourth-order valence-corrected chi connectivity index (χ4v) is 3.16. The van der Waals surface area contributed by atoms with E-state index in [2.05, 4.69) is 25.5 Å². The van der Waals surface area contributed by atoms with Crippen LogP contribution in [-0.4, -0.2) is 42.1 Å². The molecule has 1 saturated heterocycles. The van der Waals surface area contributed by atoms with E-state index in [0.29, 0.717) is 11.4 Å². The third kappa shape index (κ3) is 3.94. The Morgan fingerprint density at radius 2 is 1.79 bits per heavy atom. The van der Waals surface area contributed by atoms with Crippen LogP contribution in [-0.2, 0) is 0 Å². The van der Waals surface area contributed by atoms with Crippen molar-refractivity contribution in [1.82, 2.24) is 15.3 Å². The molecule has 7 nitrogen and oxygen atoms in total. The van der Waals surface area contributed by atoms with Gasteiger partial charge in [0.25, 0.3) is 5.91 Å². The molecule has 1 aliphatic rings. The molecule has 0 spiro atoms. The quantitative estimate of drug-likeness (QED) is 0.607. The maximum absolute atomic E-state index is 12.6. The van der Waals surface area contributed by atoms with Crippen molar-refractivity contribution >= 4 is 23.1 Å². The highest BCUT2D eigenvalue weighted by atomic mass is 16.1. The molecule has 3 aromatic rings. The third-order valence-electron chi connectivity index (χ3n) is 4.72. The van der Waals surface area contributed by atoms with Crippen molar-refractivity contribution in [2.24, 2.45) is 0 Å². The number of hydrogen-bond donors (Lipinski definition) is 3. The van der Waals surface area contributed by atoms with Crippen molar-refractivity contribution < 1.29 is 4.79 Å². The number of hydrogen-bond acceptors (Lipinski definition) is 6.